The van der Waals surface area contributed by atoms with Crippen LogP contribution in [-0.2, 0) is 19.1 Å². The smallest absolute Gasteiger partial charge is 0.475 e. The number of alkyl halides is 3. The van der Waals surface area contributed by atoms with Crippen molar-refractivity contribution < 1.29 is 37.3 Å². The van der Waals surface area contributed by atoms with Crippen molar-refractivity contribution in [2.24, 2.45) is 0 Å². The van der Waals surface area contributed by atoms with Gasteiger partial charge in [-0.1, -0.05) is 0 Å². The van der Waals surface area contributed by atoms with Gasteiger partial charge in [-0.2, -0.15) is 13.2 Å². The van der Waals surface area contributed by atoms with Gasteiger partial charge in [-0.25, -0.2) is 4.79 Å². The molecule has 96 valence electrons. The third-order valence-corrected chi connectivity index (χ3v) is 1.20. The van der Waals surface area contributed by atoms with Crippen molar-refractivity contribution in [3.8, 4) is 0 Å². The van der Waals surface area contributed by atoms with Crippen LogP contribution in [0.25, 0.3) is 0 Å². The molecule has 0 rings (SSSR count). The molecule has 0 saturated heterocycles. The van der Waals surface area contributed by atoms with Gasteiger partial charge in [0.05, 0.1) is 7.11 Å². The Morgan fingerprint density at radius 1 is 1.25 bits per heavy atom. The van der Waals surface area contributed by atoms with Crippen molar-refractivity contribution in [2.75, 3.05) is 20.8 Å². The molecule has 0 aliphatic heterocycles. The van der Waals surface area contributed by atoms with Gasteiger partial charge in [0, 0.05) is 20.1 Å². The van der Waals surface area contributed by atoms with E-state index in [1.165, 1.54) is 7.11 Å². The summed E-state index contributed by atoms with van der Waals surface area (Å²) in [5.41, 5.74) is 0. The summed E-state index contributed by atoms with van der Waals surface area (Å²) in [4.78, 5) is 19.3. The van der Waals surface area contributed by atoms with E-state index < -0.39 is 12.1 Å². The van der Waals surface area contributed by atoms with Crippen LogP contribution in [0, 0.1) is 0 Å². The van der Waals surface area contributed by atoms with Gasteiger partial charge in [-0.3, -0.25) is 4.79 Å². The summed E-state index contributed by atoms with van der Waals surface area (Å²) in [5, 5.41) is 7.12. The lowest BCUT2D eigenvalue weighted by Crippen LogP contribution is -2.21. The molecule has 0 aliphatic carbocycles. The van der Waals surface area contributed by atoms with E-state index in [0.717, 1.165) is 6.42 Å². The first-order valence-corrected chi connectivity index (χ1v) is 4.11. The van der Waals surface area contributed by atoms with Crippen molar-refractivity contribution in [3.63, 3.8) is 0 Å². The Labute approximate surface area is 90.1 Å². The van der Waals surface area contributed by atoms with Crippen molar-refractivity contribution in [3.05, 3.63) is 0 Å². The SMILES string of the molecule is COCCCC(=O)OC.O=C(O)C(F)(F)F. The molecule has 0 spiro atoms. The normalized spacial score (nSPS) is 10.1. The van der Waals surface area contributed by atoms with Crippen molar-refractivity contribution in [1.82, 2.24) is 0 Å². The summed E-state index contributed by atoms with van der Waals surface area (Å²) < 4.78 is 40.9. The molecule has 0 radical (unpaired) electrons. The summed E-state index contributed by atoms with van der Waals surface area (Å²) in [7, 11) is 2.99. The zero-order valence-electron chi connectivity index (χ0n) is 8.84. The number of carboxylic acid groups (broad SMARTS) is 1. The summed E-state index contributed by atoms with van der Waals surface area (Å²) in [6.07, 6.45) is -3.90. The average Bonchev–Trinajstić information content (AvgIpc) is 2.17. The Morgan fingerprint density at radius 2 is 1.69 bits per heavy atom. The Morgan fingerprint density at radius 3 is 1.94 bits per heavy atom. The maximum absolute atomic E-state index is 10.6. The molecule has 0 heterocycles. The van der Waals surface area contributed by atoms with E-state index in [2.05, 4.69) is 4.74 Å². The zero-order valence-corrected chi connectivity index (χ0v) is 8.84. The van der Waals surface area contributed by atoms with Crippen LogP contribution in [0.5, 0.6) is 0 Å². The lowest BCUT2D eigenvalue weighted by molar-refractivity contribution is -0.192. The van der Waals surface area contributed by atoms with E-state index in [1.807, 2.05) is 0 Å². The number of carbonyl (C=O) groups excluding carboxylic acids is 1. The first-order chi connectivity index (χ1) is 7.25. The van der Waals surface area contributed by atoms with E-state index in [9.17, 15) is 18.0 Å². The molecule has 0 saturated carbocycles. The van der Waals surface area contributed by atoms with Gasteiger partial charge in [0.1, 0.15) is 0 Å². The highest BCUT2D eigenvalue weighted by atomic mass is 19.4. The van der Waals surface area contributed by atoms with Crippen molar-refractivity contribution in [2.45, 2.75) is 19.0 Å². The highest BCUT2D eigenvalue weighted by Gasteiger charge is 2.38. The lowest BCUT2D eigenvalue weighted by Gasteiger charge is -1.96. The van der Waals surface area contributed by atoms with E-state index in [-0.39, 0.29) is 5.97 Å². The van der Waals surface area contributed by atoms with Crippen LogP contribution in [0.1, 0.15) is 12.8 Å². The maximum Gasteiger partial charge on any atom is 0.490 e. The van der Waals surface area contributed by atoms with Crippen LogP contribution in [0.2, 0.25) is 0 Å². The molecule has 0 atom stereocenters. The number of hydrogen-bond donors (Lipinski definition) is 1. The number of ether oxygens (including phenoxy) is 2. The molecule has 0 aromatic rings. The summed E-state index contributed by atoms with van der Waals surface area (Å²) in [5.74, 6) is -2.93. The average molecular weight is 246 g/mol. The molecular weight excluding hydrogens is 233 g/mol. The minimum atomic E-state index is -5.08. The van der Waals surface area contributed by atoms with Crippen LogP contribution >= 0.6 is 0 Å². The van der Waals surface area contributed by atoms with E-state index in [1.54, 1.807) is 7.11 Å². The number of esters is 1. The minimum absolute atomic E-state index is 0.174. The van der Waals surface area contributed by atoms with Crippen LogP contribution in [-0.4, -0.2) is 44.0 Å². The molecule has 0 amide bonds. The first kappa shape index (κ1) is 17.1. The molecule has 0 unspecified atom stereocenters. The van der Waals surface area contributed by atoms with Gasteiger partial charge < -0.3 is 14.6 Å². The molecule has 0 aliphatic rings. The Hall–Kier alpha value is -1.31. The molecule has 16 heavy (non-hydrogen) atoms. The highest BCUT2D eigenvalue weighted by molar-refractivity contribution is 5.73. The summed E-state index contributed by atoms with van der Waals surface area (Å²) in [6.45, 7) is 0.620. The van der Waals surface area contributed by atoms with E-state index in [0.29, 0.717) is 13.0 Å². The third-order valence-electron chi connectivity index (χ3n) is 1.20. The Balaban J connectivity index is 0. The number of hydrogen-bond acceptors (Lipinski definition) is 4. The largest absolute Gasteiger partial charge is 0.490 e. The van der Waals surface area contributed by atoms with Crippen molar-refractivity contribution >= 4 is 11.9 Å². The molecular formula is C8H13F3O5. The number of halogens is 3. The van der Waals surface area contributed by atoms with Gasteiger partial charge >= 0.3 is 18.1 Å². The van der Waals surface area contributed by atoms with Crippen LogP contribution < -0.4 is 0 Å². The number of rotatable bonds is 4. The first-order valence-electron chi connectivity index (χ1n) is 4.11. The summed E-state index contributed by atoms with van der Waals surface area (Å²) in [6, 6.07) is 0. The quantitative estimate of drug-likeness (QED) is 0.596. The second kappa shape index (κ2) is 8.96. The van der Waals surface area contributed by atoms with Crippen molar-refractivity contribution in [1.29, 1.82) is 0 Å². The zero-order chi connectivity index (χ0) is 13.2. The van der Waals surface area contributed by atoms with E-state index in [4.69, 9.17) is 14.6 Å². The van der Waals surface area contributed by atoms with Gasteiger partial charge in [-0.15, -0.1) is 0 Å². The number of carboxylic acids is 1. The molecule has 0 aromatic heterocycles. The number of carbonyl (C=O) groups is 2. The van der Waals surface area contributed by atoms with E-state index >= 15 is 0 Å². The lowest BCUT2D eigenvalue weighted by atomic mass is 10.3. The fourth-order valence-corrected chi connectivity index (χ4v) is 0.463. The predicted octanol–water partition coefficient (Wildman–Crippen LogP) is 1.22. The molecule has 5 nitrogen and oxygen atoms in total. The maximum atomic E-state index is 10.6. The van der Waals surface area contributed by atoms with Crippen LogP contribution in [0.15, 0.2) is 0 Å². The van der Waals surface area contributed by atoms with Crippen LogP contribution in [0.4, 0.5) is 13.2 Å². The molecule has 0 aromatic carbocycles. The van der Waals surface area contributed by atoms with Gasteiger partial charge in [0.25, 0.3) is 0 Å². The standard InChI is InChI=1S/C6H12O3.C2HF3O2/c1-8-5-3-4-6(7)9-2;3-2(4,5)1(6)7/h3-5H2,1-2H3;(H,6,7). The summed E-state index contributed by atoms with van der Waals surface area (Å²) >= 11 is 0. The fraction of sp³-hybridized carbons (Fsp3) is 0.750. The van der Waals surface area contributed by atoms with Gasteiger partial charge in [-0.05, 0) is 6.42 Å². The second-order valence-electron chi connectivity index (χ2n) is 2.48. The fourth-order valence-electron chi connectivity index (χ4n) is 0.463. The predicted molar refractivity (Wildman–Crippen MR) is 46.8 cm³/mol. The molecule has 1 N–H and O–H groups in total. The Kier molecular flexibility index (Phi) is 9.57. The number of methoxy groups -OCH3 is 2. The molecule has 0 fully saturated rings. The highest BCUT2D eigenvalue weighted by Crippen LogP contribution is 2.13. The minimum Gasteiger partial charge on any atom is -0.475 e. The Bertz CT molecular complexity index is 214. The van der Waals surface area contributed by atoms with Gasteiger partial charge in [0.15, 0.2) is 0 Å². The third kappa shape index (κ3) is 12.7. The molecule has 0 bridgehead atoms. The van der Waals surface area contributed by atoms with Crippen LogP contribution in [0.3, 0.4) is 0 Å². The van der Waals surface area contributed by atoms with Gasteiger partial charge in [0.2, 0.25) is 0 Å². The molecule has 8 heteroatoms. The monoisotopic (exact) mass is 246 g/mol. The topological polar surface area (TPSA) is 72.8 Å². The second-order valence-corrected chi connectivity index (χ2v) is 2.48. The number of aliphatic carboxylic acids is 1.